The van der Waals surface area contributed by atoms with Gasteiger partial charge in [0.2, 0.25) is 11.8 Å². The molecular formula is C19H20N4O3. The number of carbonyl (C=O) groups is 3. The van der Waals surface area contributed by atoms with Crippen molar-refractivity contribution < 1.29 is 14.4 Å². The number of nitrogens with one attached hydrogen (secondary N) is 1. The number of fused-ring (bicyclic) bond motifs is 1. The maximum absolute atomic E-state index is 12.6. The summed E-state index contributed by atoms with van der Waals surface area (Å²) in [5.74, 6) is -1.01. The molecule has 1 heterocycles. The zero-order chi connectivity index (χ0) is 18.7. The van der Waals surface area contributed by atoms with Crippen LogP contribution < -0.4 is 10.3 Å². The van der Waals surface area contributed by atoms with Crippen molar-refractivity contribution in [3.05, 3.63) is 29.8 Å². The smallest absolute Gasteiger partial charge is 0.254 e. The standard InChI is InChI=1S/C19H20N4O3/c1-12(21-22-17(24)10-11-20)13-6-8-14(9-7-13)23-18(25)15-4-2-3-5-16(15)19(23)26/h6-9,15-16H,2-5,10H2,1H3,(H,22,24)/b21-12+/t15-,16-/m1/s1. The van der Waals surface area contributed by atoms with Gasteiger partial charge in [-0.1, -0.05) is 25.0 Å². The Bertz CT molecular complexity index is 783. The van der Waals surface area contributed by atoms with Gasteiger partial charge in [-0.25, -0.2) is 5.43 Å². The van der Waals surface area contributed by atoms with Gasteiger partial charge in [-0.3, -0.25) is 19.3 Å². The van der Waals surface area contributed by atoms with E-state index in [-0.39, 0.29) is 30.1 Å². The molecule has 0 spiro atoms. The number of carbonyl (C=O) groups excluding carboxylic acids is 3. The molecule has 134 valence electrons. The first-order chi connectivity index (χ1) is 12.5. The Morgan fingerprint density at radius 2 is 1.77 bits per heavy atom. The summed E-state index contributed by atoms with van der Waals surface area (Å²) in [6.45, 7) is 1.72. The highest BCUT2D eigenvalue weighted by Gasteiger charge is 2.48. The molecule has 0 radical (unpaired) electrons. The van der Waals surface area contributed by atoms with Crippen molar-refractivity contribution in [2.45, 2.75) is 39.0 Å². The van der Waals surface area contributed by atoms with Crippen LogP contribution in [-0.4, -0.2) is 23.4 Å². The van der Waals surface area contributed by atoms with E-state index in [1.807, 2.05) is 0 Å². The fraction of sp³-hybridized carbons (Fsp3) is 0.421. The van der Waals surface area contributed by atoms with Gasteiger partial charge in [-0.15, -0.1) is 0 Å². The summed E-state index contributed by atoms with van der Waals surface area (Å²) in [5.41, 5.74) is 4.19. The molecule has 1 saturated heterocycles. The first-order valence-corrected chi connectivity index (χ1v) is 8.71. The quantitative estimate of drug-likeness (QED) is 0.509. The lowest BCUT2D eigenvalue weighted by atomic mass is 9.81. The maximum atomic E-state index is 12.6. The van der Waals surface area contributed by atoms with E-state index in [1.165, 1.54) is 4.90 Å². The van der Waals surface area contributed by atoms with Gasteiger partial charge < -0.3 is 0 Å². The van der Waals surface area contributed by atoms with Gasteiger partial charge in [0.1, 0.15) is 6.42 Å². The lowest BCUT2D eigenvalue weighted by Gasteiger charge is -2.19. The highest BCUT2D eigenvalue weighted by Crippen LogP contribution is 2.40. The molecule has 1 aromatic rings. The van der Waals surface area contributed by atoms with Crippen LogP contribution in [0.25, 0.3) is 0 Å². The molecule has 2 fully saturated rings. The molecule has 7 nitrogen and oxygen atoms in total. The summed E-state index contributed by atoms with van der Waals surface area (Å²) in [6, 6.07) is 8.70. The van der Waals surface area contributed by atoms with Crippen LogP contribution in [0, 0.1) is 23.2 Å². The number of nitriles is 1. The average Bonchev–Trinajstić information content (AvgIpc) is 2.91. The minimum Gasteiger partial charge on any atom is -0.274 e. The van der Waals surface area contributed by atoms with E-state index in [0.29, 0.717) is 11.4 Å². The summed E-state index contributed by atoms with van der Waals surface area (Å²) in [7, 11) is 0. The molecule has 0 bridgehead atoms. The maximum Gasteiger partial charge on any atom is 0.254 e. The third-order valence-corrected chi connectivity index (χ3v) is 4.97. The summed E-state index contributed by atoms with van der Waals surface area (Å²) < 4.78 is 0. The van der Waals surface area contributed by atoms with E-state index < -0.39 is 5.91 Å². The Kier molecular flexibility index (Phi) is 5.12. The Labute approximate surface area is 151 Å². The number of rotatable bonds is 4. The highest BCUT2D eigenvalue weighted by molar-refractivity contribution is 6.22. The van der Waals surface area contributed by atoms with E-state index in [2.05, 4.69) is 10.5 Å². The highest BCUT2D eigenvalue weighted by atomic mass is 16.2. The molecule has 2 atom stereocenters. The Hall–Kier alpha value is -3.01. The minimum absolute atomic E-state index is 0.0957. The van der Waals surface area contributed by atoms with Crippen molar-refractivity contribution in [1.29, 1.82) is 5.26 Å². The Balaban J connectivity index is 1.74. The van der Waals surface area contributed by atoms with Crippen LogP contribution in [0.1, 0.15) is 44.6 Å². The van der Waals surface area contributed by atoms with Crippen LogP contribution in [0.4, 0.5) is 5.69 Å². The van der Waals surface area contributed by atoms with E-state index in [9.17, 15) is 14.4 Å². The second-order valence-corrected chi connectivity index (χ2v) is 6.62. The fourth-order valence-electron chi connectivity index (χ4n) is 3.59. The molecule has 3 amide bonds. The van der Waals surface area contributed by atoms with Crippen molar-refractivity contribution in [3.8, 4) is 6.07 Å². The zero-order valence-corrected chi connectivity index (χ0v) is 14.6. The molecule has 1 aromatic carbocycles. The largest absolute Gasteiger partial charge is 0.274 e. The van der Waals surface area contributed by atoms with Crippen LogP contribution >= 0.6 is 0 Å². The van der Waals surface area contributed by atoms with E-state index in [1.54, 1.807) is 37.3 Å². The van der Waals surface area contributed by atoms with Crippen LogP contribution in [0.2, 0.25) is 0 Å². The third kappa shape index (κ3) is 3.36. The first-order valence-electron chi connectivity index (χ1n) is 8.71. The first kappa shape index (κ1) is 17.8. The van der Waals surface area contributed by atoms with Crippen LogP contribution in [0.5, 0.6) is 0 Å². The van der Waals surface area contributed by atoms with Gasteiger partial charge in [0, 0.05) is 0 Å². The van der Waals surface area contributed by atoms with Gasteiger partial charge in [-0.2, -0.15) is 10.4 Å². The average molecular weight is 352 g/mol. The van der Waals surface area contributed by atoms with E-state index in [0.717, 1.165) is 31.2 Å². The second kappa shape index (κ2) is 7.48. The molecule has 26 heavy (non-hydrogen) atoms. The van der Waals surface area contributed by atoms with Gasteiger partial charge in [0.25, 0.3) is 5.91 Å². The number of hydrogen-bond acceptors (Lipinski definition) is 5. The molecule has 7 heteroatoms. The number of amides is 3. The summed E-state index contributed by atoms with van der Waals surface area (Å²) in [6.07, 6.45) is 3.33. The molecular weight excluding hydrogens is 332 g/mol. The van der Waals surface area contributed by atoms with Crippen molar-refractivity contribution >= 4 is 29.1 Å². The van der Waals surface area contributed by atoms with Crippen molar-refractivity contribution in [3.63, 3.8) is 0 Å². The lowest BCUT2D eigenvalue weighted by molar-refractivity contribution is -0.123. The Morgan fingerprint density at radius 3 is 2.31 bits per heavy atom. The molecule has 1 aliphatic heterocycles. The number of imide groups is 1. The number of benzene rings is 1. The molecule has 2 aliphatic rings. The minimum atomic E-state index is -0.473. The van der Waals surface area contributed by atoms with E-state index >= 15 is 0 Å². The molecule has 0 aromatic heterocycles. The van der Waals surface area contributed by atoms with Crippen molar-refractivity contribution in [1.82, 2.24) is 5.43 Å². The SMILES string of the molecule is C/C(=N\NC(=O)CC#N)c1ccc(N2C(=O)[C@@H]3CCCC[C@H]3C2=O)cc1. The number of hydrogen-bond donors (Lipinski definition) is 1. The number of anilines is 1. The summed E-state index contributed by atoms with van der Waals surface area (Å²) in [4.78, 5) is 37.8. The van der Waals surface area contributed by atoms with Gasteiger partial charge >= 0.3 is 0 Å². The molecule has 1 saturated carbocycles. The van der Waals surface area contributed by atoms with Gasteiger partial charge in [-0.05, 0) is 37.5 Å². The fourth-order valence-corrected chi connectivity index (χ4v) is 3.59. The molecule has 0 unspecified atom stereocenters. The molecule has 1 aliphatic carbocycles. The normalized spacial score (nSPS) is 22.8. The number of nitrogens with zero attached hydrogens (tertiary/aromatic N) is 3. The van der Waals surface area contributed by atoms with Crippen LogP contribution in [0.3, 0.4) is 0 Å². The lowest BCUT2D eigenvalue weighted by Crippen LogP contribution is -2.30. The van der Waals surface area contributed by atoms with Crippen molar-refractivity contribution in [2.24, 2.45) is 16.9 Å². The predicted octanol–water partition coefficient (Wildman–Crippen LogP) is 2.12. The zero-order valence-electron chi connectivity index (χ0n) is 14.6. The predicted molar refractivity (Wildman–Crippen MR) is 95.0 cm³/mol. The third-order valence-electron chi connectivity index (χ3n) is 4.97. The summed E-state index contributed by atoms with van der Waals surface area (Å²) in [5, 5.41) is 12.4. The Morgan fingerprint density at radius 1 is 1.19 bits per heavy atom. The van der Waals surface area contributed by atoms with Gasteiger partial charge in [0.05, 0.1) is 29.3 Å². The van der Waals surface area contributed by atoms with Crippen LogP contribution in [0.15, 0.2) is 29.4 Å². The van der Waals surface area contributed by atoms with Crippen molar-refractivity contribution in [2.75, 3.05) is 4.90 Å². The molecule has 3 rings (SSSR count). The topological polar surface area (TPSA) is 103 Å². The van der Waals surface area contributed by atoms with Gasteiger partial charge in [0.15, 0.2) is 0 Å². The second-order valence-electron chi connectivity index (χ2n) is 6.62. The van der Waals surface area contributed by atoms with Crippen LogP contribution in [-0.2, 0) is 14.4 Å². The monoisotopic (exact) mass is 352 g/mol. The number of hydrazone groups is 1. The molecule has 1 N–H and O–H groups in total. The van der Waals surface area contributed by atoms with E-state index in [4.69, 9.17) is 5.26 Å². The summed E-state index contributed by atoms with van der Waals surface area (Å²) >= 11 is 0.